The minimum Gasteiger partial charge on any atom is -0.379 e. The number of carbonyl (C=O) groups excluding carboxylic acids is 1. The van der Waals surface area contributed by atoms with E-state index < -0.39 is 0 Å². The summed E-state index contributed by atoms with van der Waals surface area (Å²) in [6.07, 6.45) is 8.27. The van der Waals surface area contributed by atoms with Crippen LogP contribution in [0, 0.1) is 6.92 Å². The molecule has 1 amide bonds. The maximum Gasteiger partial charge on any atom is 0.254 e. The van der Waals surface area contributed by atoms with Crippen molar-refractivity contribution in [2.24, 2.45) is 0 Å². The lowest BCUT2D eigenvalue weighted by molar-refractivity contribution is 0.0355. The van der Waals surface area contributed by atoms with E-state index in [-0.39, 0.29) is 5.91 Å². The van der Waals surface area contributed by atoms with Crippen LogP contribution in [0.15, 0.2) is 61.2 Å². The third-order valence-electron chi connectivity index (χ3n) is 5.51. The van der Waals surface area contributed by atoms with E-state index in [2.05, 4.69) is 15.0 Å². The number of nitrogens with zero attached hydrogens (tertiary/aromatic N) is 5. The molecular weight excluding hydrogens is 390 g/mol. The fourth-order valence-corrected chi connectivity index (χ4v) is 3.76. The van der Waals surface area contributed by atoms with Gasteiger partial charge in [0.2, 0.25) is 0 Å². The number of benzene rings is 1. The van der Waals surface area contributed by atoms with Crippen molar-refractivity contribution in [1.29, 1.82) is 0 Å². The normalized spacial score (nSPS) is 14.5. The molecule has 1 aliphatic heterocycles. The van der Waals surface area contributed by atoms with Gasteiger partial charge in [-0.2, -0.15) is 5.10 Å². The van der Waals surface area contributed by atoms with Gasteiger partial charge in [0.25, 0.3) is 5.91 Å². The summed E-state index contributed by atoms with van der Waals surface area (Å²) < 4.78 is 7.25. The maximum absolute atomic E-state index is 13.3. The SMILES string of the molecule is Cc1cnn(-c2ccc(C(=O)N(CCCN3CCOCC3)Cc3ccncc3)cc2)c1. The van der Waals surface area contributed by atoms with E-state index in [1.165, 1.54) is 0 Å². The van der Waals surface area contributed by atoms with Gasteiger partial charge in [0.1, 0.15) is 0 Å². The highest BCUT2D eigenvalue weighted by molar-refractivity contribution is 5.94. The van der Waals surface area contributed by atoms with Gasteiger partial charge in [0.05, 0.1) is 25.1 Å². The van der Waals surface area contributed by atoms with Crippen molar-refractivity contribution in [3.05, 3.63) is 77.9 Å². The molecule has 0 saturated carbocycles. The standard InChI is InChI=1S/C24H29N5O2/c1-20-17-26-29(18-20)23-5-3-22(4-6-23)24(30)28(19-21-7-9-25-10-8-21)12-2-11-27-13-15-31-16-14-27/h3-10,17-18H,2,11-16,19H2,1H3. The van der Waals surface area contributed by atoms with Crippen LogP contribution in [-0.2, 0) is 11.3 Å². The molecule has 31 heavy (non-hydrogen) atoms. The molecule has 1 fully saturated rings. The highest BCUT2D eigenvalue weighted by atomic mass is 16.5. The topological polar surface area (TPSA) is 63.5 Å². The van der Waals surface area contributed by atoms with Crippen LogP contribution in [0.3, 0.4) is 0 Å². The molecule has 4 rings (SSSR count). The lowest BCUT2D eigenvalue weighted by Gasteiger charge is -2.28. The van der Waals surface area contributed by atoms with E-state index >= 15 is 0 Å². The van der Waals surface area contributed by atoms with Crippen LogP contribution in [0.2, 0.25) is 0 Å². The Bertz CT molecular complexity index is 965. The molecule has 162 valence electrons. The number of carbonyl (C=O) groups is 1. The van der Waals surface area contributed by atoms with Gasteiger partial charge in [-0.05, 0) is 60.9 Å². The highest BCUT2D eigenvalue weighted by Crippen LogP contribution is 2.14. The monoisotopic (exact) mass is 419 g/mol. The molecule has 0 aliphatic carbocycles. The molecule has 7 nitrogen and oxygen atoms in total. The zero-order valence-corrected chi connectivity index (χ0v) is 18.0. The van der Waals surface area contributed by atoms with Crippen molar-refractivity contribution in [3.8, 4) is 5.69 Å². The summed E-state index contributed by atoms with van der Waals surface area (Å²) >= 11 is 0. The van der Waals surface area contributed by atoms with E-state index in [4.69, 9.17) is 4.74 Å². The van der Waals surface area contributed by atoms with E-state index in [1.54, 1.807) is 12.4 Å². The molecule has 1 aliphatic rings. The van der Waals surface area contributed by atoms with Gasteiger partial charge in [-0.3, -0.25) is 14.7 Å². The van der Waals surface area contributed by atoms with Crippen LogP contribution in [0.4, 0.5) is 0 Å². The summed E-state index contributed by atoms with van der Waals surface area (Å²) in [5, 5.41) is 4.34. The Hall–Kier alpha value is -3.03. The first kappa shape index (κ1) is 21.2. The van der Waals surface area contributed by atoms with Crippen LogP contribution >= 0.6 is 0 Å². The van der Waals surface area contributed by atoms with Gasteiger partial charge < -0.3 is 9.64 Å². The van der Waals surface area contributed by atoms with E-state index in [9.17, 15) is 4.79 Å². The molecule has 0 N–H and O–H groups in total. The third kappa shape index (κ3) is 5.77. The fourth-order valence-electron chi connectivity index (χ4n) is 3.76. The first-order chi connectivity index (χ1) is 15.2. The van der Waals surface area contributed by atoms with Crippen LogP contribution in [-0.4, -0.2) is 69.9 Å². The lowest BCUT2D eigenvalue weighted by Crippen LogP contribution is -2.39. The Balaban J connectivity index is 1.44. The maximum atomic E-state index is 13.3. The number of pyridine rings is 1. The van der Waals surface area contributed by atoms with Crippen molar-refractivity contribution in [1.82, 2.24) is 24.6 Å². The van der Waals surface area contributed by atoms with Gasteiger partial charge in [-0.1, -0.05) is 0 Å². The second kappa shape index (κ2) is 10.3. The Kier molecular flexibility index (Phi) is 7.07. The predicted molar refractivity (Wildman–Crippen MR) is 119 cm³/mol. The van der Waals surface area contributed by atoms with Crippen molar-refractivity contribution in [2.75, 3.05) is 39.4 Å². The van der Waals surface area contributed by atoms with Gasteiger partial charge >= 0.3 is 0 Å². The van der Waals surface area contributed by atoms with Crippen LogP contribution in [0.25, 0.3) is 5.69 Å². The summed E-state index contributed by atoms with van der Waals surface area (Å²) in [7, 11) is 0. The average molecular weight is 420 g/mol. The zero-order chi connectivity index (χ0) is 21.5. The number of amides is 1. The molecule has 3 aromatic rings. The molecule has 0 unspecified atom stereocenters. The Labute approximate surface area is 183 Å². The Morgan fingerprint density at radius 3 is 2.52 bits per heavy atom. The van der Waals surface area contributed by atoms with Gasteiger partial charge in [0.15, 0.2) is 0 Å². The number of hydrogen-bond donors (Lipinski definition) is 0. The summed E-state index contributed by atoms with van der Waals surface area (Å²) in [6.45, 7) is 7.78. The van der Waals surface area contributed by atoms with Crippen molar-refractivity contribution < 1.29 is 9.53 Å². The quantitative estimate of drug-likeness (QED) is 0.562. The third-order valence-corrected chi connectivity index (χ3v) is 5.51. The van der Waals surface area contributed by atoms with Crippen LogP contribution in [0.5, 0.6) is 0 Å². The van der Waals surface area contributed by atoms with Gasteiger partial charge in [-0.25, -0.2) is 4.68 Å². The number of ether oxygens (including phenoxy) is 1. The fraction of sp³-hybridized carbons (Fsp3) is 0.375. The molecule has 1 aromatic carbocycles. The van der Waals surface area contributed by atoms with Gasteiger partial charge in [0, 0.05) is 56.9 Å². The molecule has 7 heteroatoms. The second-order valence-electron chi connectivity index (χ2n) is 7.90. The average Bonchev–Trinajstić information content (AvgIpc) is 3.26. The minimum absolute atomic E-state index is 0.0435. The molecule has 0 bridgehead atoms. The first-order valence-electron chi connectivity index (χ1n) is 10.8. The minimum atomic E-state index is 0.0435. The predicted octanol–water partition coefficient (Wildman–Crippen LogP) is 2.94. The number of morpholine rings is 1. The van der Waals surface area contributed by atoms with Crippen LogP contribution in [0.1, 0.15) is 27.9 Å². The smallest absolute Gasteiger partial charge is 0.254 e. The number of aryl methyl sites for hydroxylation is 1. The molecule has 3 heterocycles. The summed E-state index contributed by atoms with van der Waals surface area (Å²) in [5.41, 5.74) is 3.81. The largest absolute Gasteiger partial charge is 0.379 e. The molecule has 0 atom stereocenters. The number of hydrogen-bond acceptors (Lipinski definition) is 5. The zero-order valence-electron chi connectivity index (χ0n) is 18.0. The Morgan fingerprint density at radius 1 is 1.10 bits per heavy atom. The molecule has 0 radical (unpaired) electrons. The molecule has 2 aromatic heterocycles. The molecular formula is C24H29N5O2. The molecule has 1 saturated heterocycles. The summed E-state index contributed by atoms with van der Waals surface area (Å²) in [5.74, 6) is 0.0435. The Morgan fingerprint density at radius 2 is 1.84 bits per heavy atom. The van der Waals surface area contributed by atoms with E-state index in [0.29, 0.717) is 18.7 Å². The van der Waals surface area contributed by atoms with Crippen molar-refractivity contribution in [2.45, 2.75) is 19.9 Å². The summed E-state index contributed by atoms with van der Waals surface area (Å²) in [4.78, 5) is 21.8. The number of aromatic nitrogens is 3. The van der Waals surface area contributed by atoms with E-state index in [0.717, 1.165) is 56.1 Å². The van der Waals surface area contributed by atoms with E-state index in [1.807, 2.05) is 65.3 Å². The lowest BCUT2D eigenvalue weighted by atomic mass is 10.1. The molecule has 0 spiro atoms. The van der Waals surface area contributed by atoms with Crippen molar-refractivity contribution in [3.63, 3.8) is 0 Å². The highest BCUT2D eigenvalue weighted by Gasteiger charge is 2.18. The summed E-state index contributed by atoms with van der Waals surface area (Å²) in [6, 6.07) is 11.6. The second-order valence-corrected chi connectivity index (χ2v) is 7.90. The first-order valence-corrected chi connectivity index (χ1v) is 10.8. The van der Waals surface area contributed by atoms with Gasteiger partial charge in [-0.15, -0.1) is 0 Å². The van der Waals surface area contributed by atoms with Crippen LogP contribution < -0.4 is 0 Å². The van der Waals surface area contributed by atoms with Crippen molar-refractivity contribution >= 4 is 5.91 Å². The number of rotatable bonds is 8.